The van der Waals surface area contributed by atoms with Gasteiger partial charge < -0.3 is 14.7 Å². The van der Waals surface area contributed by atoms with Gasteiger partial charge in [-0.05, 0) is 19.3 Å². The van der Waals surface area contributed by atoms with Crippen LogP contribution in [0.15, 0.2) is 9.95 Å². The number of aliphatic hydroxyl groups excluding tert-OH is 1. The number of aromatic nitrogens is 3. The van der Waals surface area contributed by atoms with E-state index in [-0.39, 0.29) is 29.1 Å². The predicted octanol–water partition coefficient (Wildman–Crippen LogP) is -0.277. The highest BCUT2D eigenvalue weighted by molar-refractivity contribution is 7.99. The minimum atomic E-state index is -0.372. The van der Waals surface area contributed by atoms with Gasteiger partial charge in [-0.1, -0.05) is 11.8 Å². The molecule has 3 heterocycles. The van der Waals surface area contributed by atoms with E-state index >= 15 is 0 Å². The van der Waals surface area contributed by atoms with Gasteiger partial charge in [0.1, 0.15) is 0 Å². The van der Waals surface area contributed by atoms with Crippen LogP contribution in [-0.4, -0.2) is 68.2 Å². The molecule has 3 rings (SSSR count). The molecule has 122 valence electrons. The molecular formula is C13H20N4O4S. The third-order valence-electron chi connectivity index (χ3n) is 4.31. The monoisotopic (exact) mass is 328 g/mol. The molecule has 8 nitrogen and oxygen atoms in total. The lowest BCUT2D eigenvalue weighted by Crippen LogP contribution is -2.52. The number of rotatable bonds is 3. The molecule has 1 unspecified atom stereocenters. The Kier molecular flexibility index (Phi) is 4.55. The van der Waals surface area contributed by atoms with Crippen molar-refractivity contribution in [3.05, 3.63) is 10.5 Å². The second-order valence-electron chi connectivity index (χ2n) is 5.83. The molecule has 1 amide bonds. The molecule has 0 saturated carbocycles. The second-order valence-corrected chi connectivity index (χ2v) is 6.79. The van der Waals surface area contributed by atoms with Crippen molar-refractivity contribution in [1.29, 1.82) is 0 Å². The Hall–Kier alpha value is -1.32. The Morgan fingerprint density at radius 2 is 2.27 bits per heavy atom. The number of hydrogen-bond donors (Lipinski definition) is 3. The van der Waals surface area contributed by atoms with Gasteiger partial charge in [-0.25, -0.2) is 9.89 Å². The Balaban J connectivity index is 1.48. The summed E-state index contributed by atoms with van der Waals surface area (Å²) in [5.74, 6) is 0.275. The zero-order valence-corrected chi connectivity index (χ0v) is 13.0. The maximum absolute atomic E-state index is 12.2. The van der Waals surface area contributed by atoms with Crippen molar-refractivity contribution < 1.29 is 14.6 Å². The van der Waals surface area contributed by atoms with Crippen molar-refractivity contribution in [2.75, 3.05) is 25.4 Å². The summed E-state index contributed by atoms with van der Waals surface area (Å²) in [4.78, 5) is 27.4. The maximum atomic E-state index is 12.2. The third-order valence-corrected chi connectivity index (χ3v) is 5.16. The summed E-state index contributed by atoms with van der Waals surface area (Å²) in [7, 11) is 0. The van der Waals surface area contributed by atoms with E-state index in [0.29, 0.717) is 37.7 Å². The summed E-state index contributed by atoms with van der Waals surface area (Å²) in [5, 5.41) is 16.3. The van der Waals surface area contributed by atoms with Gasteiger partial charge in [0.05, 0.1) is 17.5 Å². The summed E-state index contributed by atoms with van der Waals surface area (Å²) in [6.45, 7) is 1.88. The standard InChI is InChI=1S/C13H20N4O4S/c18-9-1-6-21-13(7-9)2-4-17(5-3-13)10(19)8-22-12-14-11(20)15-16-12/h9,18H,1-8H2,(H2,14,15,16,20). The minimum Gasteiger partial charge on any atom is -0.393 e. The first-order chi connectivity index (χ1) is 10.6. The molecule has 2 saturated heterocycles. The fourth-order valence-electron chi connectivity index (χ4n) is 3.06. The Morgan fingerprint density at radius 1 is 1.50 bits per heavy atom. The number of thioether (sulfide) groups is 1. The van der Waals surface area contributed by atoms with E-state index in [1.807, 2.05) is 4.90 Å². The molecule has 0 aliphatic carbocycles. The lowest BCUT2D eigenvalue weighted by atomic mass is 9.83. The van der Waals surface area contributed by atoms with Crippen LogP contribution in [0.3, 0.4) is 0 Å². The third kappa shape index (κ3) is 3.53. The number of likely N-dealkylation sites (tertiary alicyclic amines) is 1. The van der Waals surface area contributed by atoms with E-state index in [1.165, 1.54) is 11.8 Å². The van der Waals surface area contributed by atoms with Crippen LogP contribution in [0.1, 0.15) is 25.7 Å². The summed E-state index contributed by atoms with van der Waals surface area (Å²) in [6, 6.07) is 0. The molecule has 1 aromatic rings. The molecule has 1 atom stereocenters. The lowest BCUT2D eigenvalue weighted by molar-refractivity contribution is -0.152. The first kappa shape index (κ1) is 15.6. The van der Waals surface area contributed by atoms with E-state index in [0.717, 1.165) is 12.8 Å². The molecule has 2 aliphatic heterocycles. The topological polar surface area (TPSA) is 111 Å². The van der Waals surface area contributed by atoms with Crippen LogP contribution < -0.4 is 5.69 Å². The zero-order chi connectivity index (χ0) is 15.6. The number of nitrogens with zero attached hydrogens (tertiary/aromatic N) is 2. The predicted molar refractivity (Wildman–Crippen MR) is 79.7 cm³/mol. The van der Waals surface area contributed by atoms with Gasteiger partial charge in [0.15, 0.2) is 5.16 Å². The van der Waals surface area contributed by atoms with Gasteiger partial charge in [-0.3, -0.25) is 9.78 Å². The maximum Gasteiger partial charge on any atom is 0.341 e. The number of carbonyl (C=O) groups excluding carboxylic acids is 1. The number of ether oxygens (including phenoxy) is 1. The normalized spacial score (nSPS) is 24.6. The van der Waals surface area contributed by atoms with Gasteiger partial charge in [0, 0.05) is 26.1 Å². The summed E-state index contributed by atoms with van der Waals surface area (Å²) in [5.41, 5.74) is -0.627. The number of aromatic amines is 2. The average Bonchev–Trinajstić information content (AvgIpc) is 2.91. The Bertz CT molecular complexity index is 579. The van der Waals surface area contributed by atoms with Gasteiger partial charge in [0.2, 0.25) is 5.91 Å². The van der Waals surface area contributed by atoms with Crippen LogP contribution in [0.4, 0.5) is 0 Å². The molecule has 1 spiro atoms. The highest BCUT2D eigenvalue weighted by atomic mass is 32.2. The first-order valence-electron chi connectivity index (χ1n) is 7.44. The second kappa shape index (κ2) is 6.43. The van der Waals surface area contributed by atoms with Gasteiger partial charge in [-0.2, -0.15) is 0 Å². The SMILES string of the molecule is O=C(CSc1n[nH]c(=O)[nH]1)N1CCC2(CC1)CC(O)CCO2. The van der Waals surface area contributed by atoms with Crippen LogP contribution >= 0.6 is 11.8 Å². The van der Waals surface area contributed by atoms with Crippen molar-refractivity contribution in [3.63, 3.8) is 0 Å². The molecule has 2 aliphatic rings. The quantitative estimate of drug-likeness (QED) is 0.658. The van der Waals surface area contributed by atoms with Crippen molar-refractivity contribution >= 4 is 17.7 Å². The van der Waals surface area contributed by atoms with E-state index in [9.17, 15) is 14.7 Å². The summed E-state index contributed by atoms with van der Waals surface area (Å²) >= 11 is 1.21. The largest absolute Gasteiger partial charge is 0.393 e. The smallest absolute Gasteiger partial charge is 0.341 e. The molecule has 0 aromatic carbocycles. The minimum absolute atomic E-state index is 0.0278. The number of piperidine rings is 1. The zero-order valence-electron chi connectivity index (χ0n) is 12.2. The lowest BCUT2D eigenvalue weighted by Gasteiger charge is -2.45. The number of hydrogen-bond acceptors (Lipinski definition) is 6. The molecule has 0 radical (unpaired) electrons. The first-order valence-corrected chi connectivity index (χ1v) is 8.42. The van der Waals surface area contributed by atoms with E-state index < -0.39 is 0 Å². The van der Waals surface area contributed by atoms with Crippen LogP contribution in [0.5, 0.6) is 0 Å². The van der Waals surface area contributed by atoms with Crippen molar-refractivity contribution in [3.8, 4) is 0 Å². The number of aliphatic hydroxyl groups is 1. The van der Waals surface area contributed by atoms with Crippen LogP contribution in [0, 0.1) is 0 Å². The van der Waals surface area contributed by atoms with Crippen LogP contribution in [0.2, 0.25) is 0 Å². The molecule has 3 N–H and O–H groups in total. The van der Waals surface area contributed by atoms with Crippen molar-refractivity contribution in [1.82, 2.24) is 20.1 Å². The van der Waals surface area contributed by atoms with Gasteiger partial charge in [-0.15, -0.1) is 5.10 Å². The van der Waals surface area contributed by atoms with E-state index in [4.69, 9.17) is 4.74 Å². The number of carbonyl (C=O) groups is 1. The fourth-order valence-corrected chi connectivity index (χ4v) is 3.78. The molecule has 2 fully saturated rings. The number of amides is 1. The molecule has 1 aromatic heterocycles. The summed E-state index contributed by atoms with van der Waals surface area (Å²) in [6.07, 6.45) is 2.60. The Labute approximate surface area is 131 Å². The van der Waals surface area contributed by atoms with Crippen molar-refractivity contribution in [2.45, 2.75) is 42.5 Å². The summed E-state index contributed by atoms with van der Waals surface area (Å²) < 4.78 is 5.88. The highest BCUT2D eigenvalue weighted by Crippen LogP contribution is 2.35. The molecule has 22 heavy (non-hydrogen) atoms. The van der Waals surface area contributed by atoms with Crippen molar-refractivity contribution in [2.24, 2.45) is 0 Å². The van der Waals surface area contributed by atoms with Crippen LogP contribution in [-0.2, 0) is 9.53 Å². The van der Waals surface area contributed by atoms with Gasteiger partial charge >= 0.3 is 5.69 Å². The van der Waals surface area contributed by atoms with E-state index in [2.05, 4.69) is 15.2 Å². The fraction of sp³-hybridized carbons (Fsp3) is 0.769. The van der Waals surface area contributed by atoms with Gasteiger partial charge in [0.25, 0.3) is 0 Å². The molecule has 9 heteroatoms. The van der Waals surface area contributed by atoms with E-state index in [1.54, 1.807) is 0 Å². The highest BCUT2D eigenvalue weighted by Gasteiger charge is 2.40. The Morgan fingerprint density at radius 3 is 2.91 bits per heavy atom. The molecule has 0 bridgehead atoms. The number of nitrogens with one attached hydrogen (secondary N) is 2. The number of H-pyrrole nitrogens is 2. The van der Waals surface area contributed by atoms with Crippen LogP contribution in [0.25, 0.3) is 0 Å². The average molecular weight is 328 g/mol. The molecular weight excluding hydrogens is 308 g/mol.